The lowest BCUT2D eigenvalue weighted by atomic mass is 9.97. The summed E-state index contributed by atoms with van der Waals surface area (Å²) in [6, 6.07) is 6.00. The molecule has 1 saturated heterocycles. The van der Waals surface area contributed by atoms with Crippen LogP contribution in [0.5, 0.6) is 0 Å². The molecule has 0 aromatic heterocycles. The lowest BCUT2D eigenvalue weighted by Gasteiger charge is -2.33. The van der Waals surface area contributed by atoms with Crippen LogP contribution in [0.4, 0.5) is 9.18 Å². The molecule has 27 heavy (non-hydrogen) atoms. The number of likely N-dealkylation sites (tertiary alicyclic amines) is 1. The fraction of sp³-hybridized carbons (Fsp3) is 0.600. The summed E-state index contributed by atoms with van der Waals surface area (Å²) < 4.78 is 13.9. The maximum absolute atomic E-state index is 13.9. The number of aliphatic hydroxyl groups is 1. The van der Waals surface area contributed by atoms with E-state index in [4.69, 9.17) is 0 Å². The molecule has 1 aliphatic carbocycles. The van der Waals surface area contributed by atoms with E-state index in [9.17, 15) is 19.1 Å². The number of urea groups is 1. The van der Waals surface area contributed by atoms with E-state index in [-0.39, 0.29) is 49.3 Å². The molecule has 1 heterocycles. The topological polar surface area (TPSA) is 72.9 Å². The summed E-state index contributed by atoms with van der Waals surface area (Å²) in [7, 11) is 0. The van der Waals surface area contributed by atoms with Gasteiger partial charge in [-0.1, -0.05) is 18.2 Å². The quantitative estimate of drug-likeness (QED) is 0.763. The Morgan fingerprint density at radius 3 is 2.74 bits per heavy atom. The molecule has 148 valence electrons. The van der Waals surface area contributed by atoms with E-state index in [1.54, 1.807) is 18.2 Å². The van der Waals surface area contributed by atoms with Crippen LogP contribution >= 0.6 is 0 Å². The van der Waals surface area contributed by atoms with Crippen LogP contribution in [0.25, 0.3) is 0 Å². The summed E-state index contributed by atoms with van der Waals surface area (Å²) in [6.07, 6.45) is 3.93. The highest BCUT2D eigenvalue weighted by molar-refractivity contribution is 5.81. The highest BCUT2D eigenvalue weighted by Gasteiger charge is 2.35. The Balaban J connectivity index is 1.51. The number of benzene rings is 1. The van der Waals surface area contributed by atoms with Crippen molar-refractivity contribution in [2.24, 2.45) is 11.8 Å². The molecule has 0 bridgehead atoms. The van der Waals surface area contributed by atoms with Crippen LogP contribution in [-0.4, -0.2) is 59.6 Å². The predicted molar refractivity (Wildman–Crippen MR) is 99.3 cm³/mol. The molecule has 1 unspecified atom stereocenters. The van der Waals surface area contributed by atoms with Crippen molar-refractivity contribution in [1.29, 1.82) is 0 Å². The summed E-state index contributed by atoms with van der Waals surface area (Å²) in [5.41, 5.74) is 0.417. The first-order chi connectivity index (χ1) is 13.1. The minimum absolute atomic E-state index is 0.107. The number of halogens is 1. The molecular formula is C20H28FN3O3. The first-order valence-corrected chi connectivity index (χ1v) is 9.74. The van der Waals surface area contributed by atoms with Gasteiger partial charge in [0.2, 0.25) is 5.91 Å². The molecule has 2 N–H and O–H groups in total. The van der Waals surface area contributed by atoms with Crippen molar-refractivity contribution in [3.8, 4) is 0 Å². The Morgan fingerprint density at radius 1 is 1.26 bits per heavy atom. The van der Waals surface area contributed by atoms with Gasteiger partial charge in [-0.2, -0.15) is 0 Å². The Hall–Kier alpha value is -2.15. The number of hydrogen-bond acceptors (Lipinski definition) is 3. The van der Waals surface area contributed by atoms with Gasteiger partial charge in [0.1, 0.15) is 5.82 Å². The number of aliphatic hydroxyl groups excluding tert-OH is 1. The first kappa shape index (κ1) is 19.6. The fourth-order valence-corrected chi connectivity index (χ4v) is 3.57. The molecule has 7 heteroatoms. The summed E-state index contributed by atoms with van der Waals surface area (Å²) in [6.45, 7) is 2.03. The molecule has 6 nitrogen and oxygen atoms in total. The smallest absolute Gasteiger partial charge is 0.317 e. The maximum atomic E-state index is 13.9. The van der Waals surface area contributed by atoms with Gasteiger partial charge in [0.25, 0.3) is 0 Å². The molecule has 1 aliphatic heterocycles. The number of nitrogens with one attached hydrogen (secondary N) is 1. The number of nitrogens with zero attached hydrogens (tertiary/aromatic N) is 2. The van der Waals surface area contributed by atoms with Gasteiger partial charge in [0, 0.05) is 37.7 Å². The Bertz CT molecular complexity index is 666. The van der Waals surface area contributed by atoms with Crippen molar-refractivity contribution >= 4 is 11.9 Å². The van der Waals surface area contributed by atoms with Crippen LogP contribution in [0.1, 0.15) is 31.2 Å². The lowest BCUT2D eigenvalue weighted by Crippen LogP contribution is -2.47. The third kappa shape index (κ3) is 5.42. The van der Waals surface area contributed by atoms with E-state index in [0.29, 0.717) is 18.7 Å². The normalized spacial score (nSPS) is 19.6. The number of carbonyl (C=O) groups excluding carboxylic acids is 2. The monoisotopic (exact) mass is 377 g/mol. The van der Waals surface area contributed by atoms with Gasteiger partial charge in [0.05, 0.1) is 13.2 Å². The average Bonchev–Trinajstić information content (AvgIpc) is 3.52. The minimum Gasteiger partial charge on any atom is -0.395 e. The van der Waals surface area contributed by atoms with Crippen LogP contribution < -0.4 is 5.32 Å². The standard InChI is InChI=1S/C20H28FN3O3/c21-18-6-2-1-5-17(18)14-24(10-11-25)20(27)22-12-15-4-3-9-23(13-15)19(26)16-7-8-16/h1-2,5-6,15-16,25H,3-4,7-14H2,(H,22,27). The first-order valence-electron chi connectivity index (χ1n) is 9.74. The van der Waals surface area contributed by atoms with E-state index < -0.39 is 0 Å². The van der Waals surface area contributed by atoms with Crippen LogP contribution in [0.15, 0.2) is 24.3 Å². The Labute approximate surface area is 159 Å². The Morgan fingerprint density at radius 2 is 2.04 bits per heavy atom. The summed E-state index contributed by atoms with van der Waals surface area (Å²) in [4.78, 5) is 28.1. The number of amides is 3. The largest absolute Gasteiger partial charge is 0.395 e. The summed E-state index contributed by atoms with van der Waals surface area (Å²) >= 11 is 0. The fourth-order valence-electron chi connectivity index (χ4n) is 3.57. The van der Waals surface area contributed by atoms with Crippen LogP contribution in [0, 0.1) is 17.7 Å². The van der Waals surface area contributed by atoms with Crippen molar-refractivity contribution in [2.45, 2.75) is 32.2 Å². The van der Waals surface area contributed by atoms with E-state index in [2.05, 4.69) is 5.32 Å². The molecule has 1 saturated carbocycles. The number of carbonyl (C=O) groups is 2. The SMILES string of the molecule is O=C(NCC1CCCN(C(=O)C2CC2)C1)N(CCO)Cc1ccccc1F. The second kappa shape index (κ2) is 9.17. The average molecular weight is 377 g/mol. The third-order valence-electron chi connectivity index (χ3n) is 5.28. The van der Waals surface area contributed by atoms with Crippen molar-refractivity contribution in [1.82, 2.24) is 15.1 Å². The second-order valence-corrected chi connectivity index (χ2v) is 7.49. The van der Waals surface area contributed by atoms with Crippen LogP contribution in [-0.2, 0) is 11.3 Å². The minimum atomic E-state index is -0.366. The van der Waals surface area contributed by atoms with Gasteiger partial charge in [-0.05, 0) is 37.7 Å². The zero-order chi connectivity index (χ0) is 19.2. The van der Waals surface area contributed by atoms with Crippen molar-refractivity contribution in [3.05, 3.63) is 35.6 Å². The van der Waals surface area contributed by atoms with Crippen molar-refractivity contribution < 1.29 is 19.1 Å². The number of rotatable bonds is 7. The summed E-state index contributed by atoms with van der Waals surface area (Å²) in [5.74, 6) is 0.344. The van der Waals surface area contributed by atoms with Gasteiger partial charge < -0.3 is 20.2 Å². The van der Waals surface area contributed by atoms with E-state index in [1.807, 2.05) is 4.90 Å². The van der Waals surface area contributed by atoms with Crippen molar-refractivity contribution in [3.63, 3.8) is 0 Å². The molecule has 3 rings (SSSR count). The third-order valence-corrected chi connectivity index (χ3v) is 5.28. The molecule has 1 aromatic carbocycles. The van der Waals surface area contributed by atoms with Crippen molar-refractivity contribution in [2.75, 3.05) is 32.8 Å². The molecule has 0 spiro atoms. The molecule has 2 aliphatic rings. The summed E-state index contributed by atoms with van der Waals surface area (Å²) in [5, 5.41) is 12.1. The maximum Gasteiger partial charge on any atom is 0.317 e. The van der Waals surface area contributed by atoms with E-state index in [0.717, 1.165) is 32.2 Å². The van der Waals surface area contributed by atoms with Crippen LogP contribution in [0.2, 0.25) is 0 Å². The van der Waals surface area contributed by atoms with Gasteiger partial charge in [0.15, 0.2) is 0 Å². The zero-order valence-corrected chi connectivity index (χ0v) is 15.6. The second-order valence-electron chi connectivity index (χ2n) is 7.49. The van der Waals surface area contributed by atoms with Gasteiger partial charge in [-0.25, -0.2) is 9.18 Å². The zero-order valence-electron chi connectivity index (χ0n) is 15.6. The molecule has 1 aromatic rings. The molecular weight excluding hydrogens is 349 g/mol. The number of piperidine rings is 1. The van der Waals surface area contributed by atoms with Crippen LogP contribution in [0.3, 0.4) is 0 Å². The molecule has 1 atom stereocenters. The number of hydrogen-bond donors (Lipinski definition) is 2. The predicted octanol–water partition coefficient (Wildman–Crippen LogP) is 1.98. The molecule has 2 fully saturated rings. The van der Waals surface area contributed by atoms with Gasteiger partial charge >= 0.3 is 6.03 Å². The van der Waals surface area contributed by atoms with Gasteiger partial charge in [-0.3, -0.25) is 4.79 Å². The lowest BCUT2D eigenvalue weighted by molar-refractivity contribution is -0.134. The molecule has 0 radical (unpaired) electrons. The van der Waals surface area contributed by atoms with Gasteiger partial charge in [-0.15, -0.1) is 0 Å². The molecule has 3 amide bonds. The highest BCUT2D eigenvalue weighted by Crippen LogP contribution is 2.32. The Kier molecular flexibility index (Phi) is 6.66. The highest BCUT2D eigenvalue weighted by atomic mass is 19.1. The van der Waals surface area contributed by atoms with E-state index >= 15 is 0 Å². The van der Waals surface area contributed by atoms with E-state index in [1.165, 1.54) is 11.0 Å².